The van der Waals surface area contributed by atoms with Crippen molar-refractivity contribution in [3.05, 3.63) is 60.0 Å². The second-order valence-electron chi connectivity index (χ2n) is 7.14. The summed E-state index contributed by atoms with van der Waals surface area (Å²) in [5.41, 5.74) is 4.14. The van der Waals surface area contributed by atoms with Crippen LogP contribution >= 0.6 is 20.3 Å². The first-order valence-electron chi connectivity index (χ1n) is 9.04. The predicted octanol–water partition coefficient (Wildman–Crippen LogP) is 6.59. The number of benzene rings is 1. The Morgan fingerprint density at radius 3 is 2.18 bits per heavy atom. The first-order valence-corrected chi connectivity index (χ1v) is 11.9. The molecule has 0 fully saturated rings. The van der Waals surface area contributed by atoms with Gasteiger partial charge in [-0.3, -0.25) is 4.98 Å². The molecule has 0 aliphatic rings. The van der Waals surface area contributed by atoms with Crippen LogP contribution in [0, 0.1) is 0 Å². The summed E-state index contributed by atoms with van der Waals surface area (Å²) in [6.45, 7) is 8.72. The molecule has 4 aromatic rings. The molecule has 4 rings (SSSR count). The zero-order valence-corrected chi connectivity index (χ0v) is 18.7. The molecule has 3 aromatic heterocycles. The summed E-state index contributed by atoms with van der Waals surface area (Å²) in [4.78, 5) is 9.47. The summed E-state index contributed by atoms with van der Waals surface area (Å²) >= 11 is 0.382. The van der Waals surface area contributed by atoms with Crippen LogP contribution < -0.4 is 0 Å². The average Bonchev–Trinajstić information content (AvgIpc) is 3.14. The fourth-order valence-electron chi connectivity index (χ4n) is 3.12. The normalized spacial score (nSPS) is 11.4. The van der Waals surface area contributed by atoms with Gasteiger partial charge in [0.05, 0.1) is 16.7 Å². The van der Waals surface area contributed by atoms with Gasteiger partial charge in [0.15, 0.2) is 5.82 Å². The zero-order valence-electron chi connectivity index (χ0n) is 16.2. The second kappa shape index (κ2) is 9.22. The molecule has 7 heteroatoms. The Bertz CT molecular complexity index is 1090. The second-order valence-corrected chi connectivity index (χ2v) is 8.86. The van der Waals surface area contributed by atoms with Crippen molar-refractivity contribution in [1.82, 2.24) is 19.7 Å². The van der Waals surface area contributed by atoms with Crippen LogP contribution in [0.2, 0.25) is 0 Å². The minimum absolute atomic E-state index is 0.378. The Hall–Kier alpha value is -1.66. The van der Waals surface area contributed by atoms with Gasteiger partial charge in [-0.2, -0.15) is 5.10 Å². The molecule has 0 aliphatic carbocycles. The maximum absolute atomic E-state index is 4.93. The number of halogens is 2. The Labute approximate surface area is 179 Å². The molecule has 0 bridgehead atoms. The SMILES string of the molecule is CC(C)c1cc(C(C)C)n(-c2ccc3ccc4cccnc4c3n2)n1.[Cl][Co][Cl]. The third-order valence-corrected chi connectivity index (χ3v) is 4.57. The summed E-state index contributed by atoms with van der Waals surface area (Å²) in [7, 11) is 9.47. The molecule has 0 atom stereocenters. The van der Waals surface area contributed by atoms with Crippen LogP contribution in [0.25, 0.3) is 27.6 Å². The molecule has 0 unspecified atom stereocenters. The molecule has 28 heavy (non-hydrogen) atoms. The Morgan fingerprint density at radius 1 is 0.893 bits per heavy atom. The molecule has 0 saturated heterocycles. The summed E-state index contributed by atoms with van der Waals surface area (Å²) in [6, 6.07) is 14.6. The zero-order chi connectivity index (χ0) is 20.3. The van der Waals surface area contributed by atoms with E-state index in [1.54, 1.807) is 0 Å². The summed E-state index contributed by atoms with van der Waals surface area (Å²) in [5, 5.41) is 7.02. The van der Waals surface area contributed by atoms with Gasteiger partial charge >= 0.3 is 33.2 Å². The third kappa shape index (κ3) is 4.33. The maximum atomic E-state index is 4.93. The van der Waals surface area contributed by atoms with E-state index in [1.165, 1.54) is 5.69 Å². The average molecular weight is 460 g/mol. The summed E-state index contributed by atoms with van der Waals surface area (Å²) in [5.74, 6) is 1.62. The third-order valence-electron chi connectivity index (χ3n) is 4.57. The van der Waals surface area contributed by atoms with E-state index in [-0.39, 0.29) is 0 Å². The van der Waals surface area contributed by atoms with Crippen molar-refractivity contribution in [2.75, 3.05) is 0 Å². The van der Waals surface area contributed by atoms with Crippen LogP contribution in [0.3, 0.4) is 0 Å². The molecule has 1 aromatic carbocycles. The van der Waals surface area contributed by atoms with E-state index in [9.17, 15) is 0 Å². The van der Waals surface area contributed by atoms with Crippen molar-refractivity contribution in [3.63, 3.8) is 0 Å². The number of aromatic nitrogens is 4. The van der Waals surface area contributed by atoms with Crippen LogP contribution in [-0.4, -0.2) is 19.7 Å². The Morgan fingerprint density at radius 2 is 1.54 bits per heavy atom. The molecule has 0 amide bonds. The number of hydrogen-bond donors (Lipinski definition) is 0. The molecule has 0 saturated carbocycles. The van der Waals surface area contributed by atoms with Gasteiger partial charge in [-0.25, -0.2) is 9.67 Å². The molecular formula is C21H22Cl2CoN4. The van der Waals surface area contributed by atoms with Gasteiger partial charge in [0.25, 0.3) is 0 Å². The molecule has 4 nitrogen and oxygen atoms in total. The van der Waals surface area contributed by atoms with E-state index in [0.717, 1.165) is 33.3 Å². The minimum atomic E-state index is 0.378. The number of fused-ring (bicyclic) bond motifs is 3. The summed E-state index contributed by atoms with van der Waals surface area (Å²) in [6.07, 6.45) is 1.82. The fourth-order valence-corrected chi connectivity index (χ4v) is 3.12. The van der Waals surface area contributed by atoms with Crippen molar-refractivity contribution in [1.29, 1.82) is 0 Å². The van der Waals surface area contributed by atoms with Crippen LogP contribution in [0.5, 0.6) is 0 Å². The number of pyridine rings is 2. The van der Waals surface area contributed by atoms with Gasteiger partial charge in [0, 0.05) is 22.7 Å². The van der Waals surface area contributed by atoms with Gasteiger partial charge in [0.2, 0.25) is 0 Å². The van der Waals surface area contributed by atoms with Gasteiger partial charge in [0.1, 0.15) is 0 Å². The fraction of sp³-hybridized carbons (Fsp3) is 0.286. The van der Waals surface area contributed by atoms with E-state index in [1.807, 2.05) is 23.0 Å². The van der Waals surface area contributed by atoms with E-state index in [2.05, 4.69) is 63.0 Å². The van der Waals surface area contributed by atoms with Crippen molar-refractivity contribution in [2.45, 2.75) is 39.5 Å². The first kappa shape index (κ1) is 21.1. The van der Waals surface area contributed by atoms with Crippen LogP contribution in [0.4, 0.5) is 0 Å². The number of nitrogens with zero attached hydrogens (tertiary/aromatic N) is 4. The number of hydrogen-bond acceptors (Lipinski definition) is 3. The van der Waals surface area contributed by atoms with Crippen LogP contribution in [0.15, 0.2) is 48.7 Å². The van der Waals surface area contributed by atoms with Crippen molar-refractivity contribution >= 4 is 42.1 Å². The summed E-state index contributed by atoms with van der Waals surface area (Å²) < 4.78 is 1.99. The van der Waals surface area contributed by atoms with Crippen LogP contribution in [-0.2, 0) is 12.9 Å². The van der Waals surface area contributed by atoms with E-state index >= 15 is 0 Å². The van der Waals surface area contributed by atoms with Crippen molar-refractivity contribution in [3.8, 4) is 5.82 Å². The quantitative estimate of drug-likeness (QED) is 0.324. The van der Waals surface area contributed by atoms with Gasteiger partial charge in [-0.1, -0.05) is 45.9 Å². The topological polar surface area (TPSA) is 43.6 Å². The molecule has 0 spiro atoms. The monoisotopic (exact) mass is 459 g/mol. The molecule has 149 valence electrons. The predicted molar refractivity (Wildman–Crippen MR) is 114 cm³/mol. The number of rotatable bonds is 3. The van der Waals surface area contributed by atoms with Gasteiger partial charge in [-0.15, -0.1) is 0 Å². The van der Waals surface area contributed by atoms with Gasteiger partial charge < -0.3 is 0 Å². The standard InChI is InChI=1S/C21H22N4.2ClH.Co/c1-13(2)17-12-18(14(3)4)25(24-17)19-10-9-16-8-7-15-6-5-11-22-20(15)21(16)23-19;;;/h5-14H,1-4H3;2*1H;/q;;;+2/p-2. The Kier molecular flexibility index (Phi) is 6.94. The van der Waals surface area contributed by atoms with E-state index < -0.39 is 0 Å². The molecule has 0 radical (unpaired) electrons. The molecule has 0 N–H and O–H groups in total. The molecular weight excluding hydrogens is 438 g/mol. The van der Waals surface area contributed by atoms with E-state index in [0.29, 0.717) is 24.7 Å². The van der Waals surface area contributed by atoms with Crippen molar-refractivity contribution < 1.29 is 12.9 Å². The molecule has 3 heterocycles. The Balaban J connectivity index is 0.000000706. The molecule has 0 aliphatic heterocycles. The first-order chi connectivity index (χ1) is 13.5. The van der Waals surface area contributed by atoms with Crippen LogP contribution in [0.1, 0.15) is 50.9 Å². The van der Waals surface area contributed by atoms with Crippen molar-refractivity contribution in [2.24, 2.45) is 0 Å². The van der Waals surface area contributed by atoms with E-state index in [4.69, 9.17) is 30.4 Å². The van der Waals surface area contributed by atoms with Gasteiger partial charge in [-0.05, 0) is 36.1 Å².